The van der Waals surface area contributed by atoms with Gasteiger partial charge in [-0.1, -0.05) is 37.3 Å². The summed E-state index contributed by atoms with van der Waals surface area (Å²) in [6.07, 6.45) is 0. The van der Waals surface area contributed by atoms with E-state index in [1.165, 1.54) is 7.11 Å². The molecule has 2 unspecified atom stereocenters. The zero-order valence-corrected chi connectivity index (χ0v) is 18.4. The van der Waals surface area contributed by atoms with Gasteiger partial charge in [-0.15, -0.1) is 24.0 Å². The number of rotatable bonds is 6. The Balaban J connectivity index is 0.00000364. The average molecular weight is 488 g/mol. The minimum Gasteiger partial charge on any atom is -0.469 e. The van der Waals surface area contributed by atoms with Crippen LogP contribution in [0.5, 0.6) is 0 Å². The van der Waals surface area contributed by atoms with Crippen molar-refractivity contribution in [2.24, 2.45) is 16.8 Å². The molecule has 1 heterocycles. The second-order valence-corrected chi connectivity index (χ2v) is 6.44. The number of carbonyl (C=O) groups excluding carboxylic acids is 2. The predicted molar refractivity (Wildman–Crippen MR) is 116 cm³/mol. The summed E-state index contributed by atoms with van der Waals surface area (Å²) >= 11 is 0. The molecule has 2 atom stereocenters. The van der Waals surface area contributed by atoms with Crippen LogP contribution in [0.4, 0.5) is 0 Å². The first-order valence-corrected chi connectivity index (χ1v) is 8.96. The van der Waals surface area contributed by atoms with Gasteiger partial charge in [0.05, 0.1) is 13.0 Å². The lowest BCUT2D eigenvalue weighted by Gasteiger charge is -2.21. The van der Waals surface area contributed by atoms with Crippen LogP contribution in [0.25, 0.3) is 0 Å². The fourth-order valence-corrected chi connectivity index (χ4v) is 3.02. The van der Waals surface area contributed by atoms with Crippen molar-refractivity contribution >= 4 is 41.8 Å². The van der Waals surface area contributed by atoms with Crippen LogP contribution in [-0.2, 0) is 20.9 Å². The molecule has 1 aromatic rings. The molecule has 0 bridgehead atoms. The van der Waals surface area contributed by atoms with Gasteiger partial charge in [0.2, 0.25) is 5.91 Å². The number of nitrogens with one attached hydrogen (secondary N) is 2. The molecular weight excluding hydrogens is 459 g/mol. The molecule has 150 valence electrons. The summed E-state index contributed by atoms with van der Waals surface area (Å²) in [5.41, 5.74) is 1.05. The summed E-state index contributed by atoms with van der Waals surface area (Å²) in [6, 6.07) is 9.75. The van der Waals surface area contributed by atoms with E-state index in [0.717, 1.165) is 5.56 Å². The quantitative estimate of drug-likeness (QED) is 0.275. The molecule has 2 rings (SSSR count). The Kier molecular flexibility index (Phi) is 10.1. The molecule has 27 heavy (non-hydrogen) atoms. The maximum absolute atomic E-state index is 12.1. The lowest BCUT2D eigenvalue weighted by molar-refractivity contribution is -0.146. The van der Waals surface area contributed by atoms with Crippen molar-refractivity contribution < 1.29 is 14.3 Å². The summed E-state index contributed by atoms with van der Waals surface area (Å²) < 4.78 is 4.87. The number of likely N-dealkylation sites (tertiary alicyclic amines) is 1. The molecule has 2 N–H and O–H groups in total. The van der Waals surface area contributed by atoms with Gasteiger partial charge in [-0.3, -0.25) is 9.59 Å². The van der Waals surface area contributed by atoms with Gasteiger partial charge in [0.25, 0.3) is 0 Å². The van der Waals surface area contributed by atoms with Gasteiger partial charge in [0.1, 0.15) is 6.54 Å². The summed E-state index contributed by atoms with van der Waals surface area (Å²) in [5, 5.41) is 6.06. The van der Waals surface area contributed by atoms with Crippen molar-refractivity contribution in [3.8, 4) is 0 Å². The van der Waals surface area contributed by atoms with Crippen LogP contribution in [0.2, 0.25) is 0 Å². The van der Waals surface area contributed by atoms with Crippen molar-refractivity contribution in [2.45, 2.75) is 20.4 Å². The summed E-state index contributed by atoms with van der Waals surface area (Å²) in [4.78, 5) is 30.4. The second-order valence-electron chi connectivity index (χ2n) is 6.44. The van der Waals surface area contributed by atoms with E-state index in [4.69, 9.17) is 4.74 Å². The summed E-state index contributed by atoms with van der Waals surface area (Å²) in [6.45, 7) is 6.47. The van der Waals surface area contributed by atoms with Crippen molar-refractivity contribution in [1.82, 2.24) is 15.5 Å². The zero-order chi connectivity index (χ0) is 18.9. The molecule has 1 amide bonds. The van der Waals surface area contributed by atoms with E-state index in [0.29, 0.717) is 32.1 Å². The number of amides is 1. The monoisotopic (exact) mass is 488 g/mol. The van der Waals surface area contributed by atoms with Crippen LogP contribution in [0.3, 0.4) is 0 Å². The van der Waals surface area contributed by atoms with Crippen LogP contribution in [0.1, 0.15) is 19.4 Å². The molecule has 0 aliphatic carbocycles. The van der Waals surface area contributed by atoms with E-state index in [-0.39, 0.29) is 54.2 Å². The summed E-state index contributed by atoms with van der Waals surface area (Å²) in [7, 11) is 1.41. The third-order valence-electron chi connectivity index (χ3n) is 4.46. The Morgan fingerprint density at radius 1 is 1.22 bits per heavy atom. The number of ether oxygens (including phenoxy) is 1. The minimum absolute atomic E-state index is 0. The first kappa shape index (κ1) is 23.2. The van der Waals surface area contributed by atoms with Gasteiger partial charge in [0, 0.05) is 26.2 Å². The highest BCUT2D eigenvalue weighted by molar-refractivity contribution is 14.0. The molecular formula is C19H29IN4O3. The first-order chi connectivity index (χ1) is 12.5. The van der Waals surface area contributed by atoms with E-state index in [1.807, 2.05) is 49.1 Å². The van der Waals surface area contributed by atoms with Crippen LogP contribution >= 0.6 is 24.0 Å². The largest absolute Gasteiger partial charge is 0.469 e. The van der Waals surface area contributed by atoms with Crippen molar-refractivity contribution in [1.29, 1.82) is 0 Å². The van der Waals surface area contributed by atoms with Crippen molar-refractivity contribution in [3.63, 3.8) is 0 Å². The highest BCUT2D eigenvalue weighted by Crippen LogP contribution is 2.24. The van der Waals surface area contributed by atoms with E-state index in [2.05, 4.69) is 15.6 Å². The highest BCUT2D eigenvalue weighted by atomic mass is 127. The Bertz CT molecular complexity index is 639. The van der Waals surface area contributed by atoms with Crippen LogP contribution < -0.4 is 10.6 Å². The topological polar surface area (TPSA) is 83.0 Å². The number of carbonyl (C=O) groups is 2. The molecule has 1 aromatic carbocycles. The number of nitrogens with zero attached hydrogens (tertiary/aromatic N) is 2. The predicted octanol–water partition coefficient (Wildman–Crippen LogP) is 1.63. The van der Waals surface area contributed by atoms with E-state index < -0.39 is 0 Å². The molecule has 0 aromatic heterocycles. The maximum atomic E-state index is 12.1. The average Bonchev–Trinajstić information content (AvgIpc) is 3.05. The van der Waals surface area contributed by atoms with E-state index in [9.17, 15) is 9.59 Å². The van der Waals surface area contributed by atoms with Gasteiger partial charge in [0.15, 0.2) is 5.96 Å². The zero-order valence-electron chi connectivity index (χ0n) is 16.1. The number of esters is 1. The fraction of sp³-hybridized carbons (Fsp3) is 0.526. The van der Waals surface area contributed by atoms with E-state index >= 15 is 0 Å². The van der Waals surface area contributed by atoms with Gasteiger partial charge in [-0.25, -0.2) is 4.99 Å². The Labute approximate surface area is 178 Å². The number of halogens is 1. The number of benzene rings is 1. The lowest BCUT2D eigenvalue weighted by atomic mass is 9.99. The highest BCUT2D eigenvalue weighted by Gasteiger charge is 2.36. The van der Waals surface area contributed by atoms with Gasteiger partial charge >= 0.3 is 5.97 Å². The summed E-state index contributed by atoms with van der Waals surface area (Å²) in [5.74, 6) is 0.326. The molecule has 8 heteroatoms. The third kappa shape index (κ3) is 7.00. The van der Waals surface area contributed by atoms with Crippen molar-refractivity contribution in [2.75, 3.05) is 33.3 Å². The number of hydrogen-bond acceptors (Lipinski definition) is 4. The molecule has 0 radical (unpaired) electrons. The Hall–Kier alpha value is -1.84. The number of guanidine groups is 1. The van der Waals surface area contributed by atoms with E-state index in [1.54, 1.807) is 0 Å². The SMILES string of the molecule is CCNC(=NCC(=O)NCc1ccccc1)N1CC(C)C(C(=O)OC)C1.I. The Morgan fingerprint density at radius 3 is 2.56 bits per heavy atom. The fourth-order valence-electron chi connectivity index (χ4n) is 3.02. The second kappa shape index (κ2) is 11.8. The molecule has 1 aliphatic rings. The Morgan fingerprint density at radius 2 is 1.93 bits per heavy atom. The maximum Gasteiger partial charge on any atom is 0.310 e. The van der Waals surface area contributed by atoms with Crippen molar-refractivity contribution in [3.05, 3.63) is 35.9 Å². The smallest absolute Gasteiger partial charge is 0.310 e. The normalized spacial score (nSPS) is 19.2. The van der Waals surface area contributed by atoms with Crippen LogP contribution in [0.15, 0.2) is 35.3 Å². The number of aliphatic imine (C=N–C) groups is 1. The lowest BCUT2D eigenvalue weighted by Crippen LogP contribution is -2.41. The van der Waals surface area contributed by atoms with Gasteiger partial charge < -0.3 is 20.3 Å². The molecule has 1 aliphatic heterocycles. The first-order valence-electron chi connectivity index (χ1n) is 8.96. The van der Waals surface area contributed by atoms with Crippen LogP contribution in [0, 0.1) is 11.8 Å². The molecule has 0 spiro atoms. The van der Waals surface area contributed by atoms with Gasteiger partial charge in [-0.2, -0.15) is 0 Å². The van der Waals surface area contributed by atoms with Gasteiger partial charge in [-0.05, 0) is 18.4 Å². The number of hydrogen-bond donors (Lipinski definition) is 2. The third-order valence-corrected chi connectivity index (χ3v) is 4.46. The van der Waals surface area contributed by atoms with Crippen LogP contribution in [-0.4, -0.2) is 56.0 Å². The molecule has 0 saturated carbocycles. The molecule has 7 nitrogen and oxygen atoms in total. The minimum atomic E-state index is -0.198. The molecule has 1 fully saturated rings. The molecule has 1 saturated heterocycles. The standard InChI is InChI=1S/C19H28N4O3.HI/c1-4-20-19(23-12-14(2)16(13-23)18(25)26-3)22-11-17(24)21-10-15-8-6-5-7-9-15;/h5-9,14,16H,4,10-13H2,1-3H3,(H,20,22)(H,21,24);1H. The number of methoxy groups -OCH3 is 1.